The van der Waals surface area contributed by atoms with E-state index in [0.717, 1.165) is 28.4 Å². The van der Waals surface area contributed by atoms with E-state index in [1.807, 2.05) is 45.0 Å². The number of anilines is 1. The Balaban J connectivity index is 1.88. The number of carbonyl (C=O) groups is 1. The first-order valence-corrected chi connectivity index (χ1v) is 7.97. The summed E-state index contributed by atoms with van der Waals surface area (Å²) < 4.78 is 0. The van der Waals surface area contributed by atoms with Crippen molar-refractivity contribution in [3.8, 4) is 0 Å². The van der Waals surface area contributed by atoms with Crippen molar-refractivity contribution in [1.82, 2.24) is 4.98 Å². The van der Waals surface area contributed by atoms with Gasteiger partial charge in [-0.3, -0.25) is 9.78 Å². The lowest BCUT2D eigenvalue weighted by Crippen LogP contribution is -2.14. The number of aromatic nitrogens is 1. The van der Waals surface area contributed by atoms with Crippen molar-refractivity contribution >= 4 is 23.4 Å². The van der Waals surface area contributed by atoms with Crippen LogP contribution < -0.4 is 5.32 Å². The van der Waals surface area contributed by atoms with Crippen LogP contribution in [0.15, 0.2) is 41.3 Å². The first-order valence-electron chi connectivity index (χ1n) is 6.99. The molecular weight excluding hydrogens is 280 g/mol. The van der Waals surface area contributed by atoms with Gasteiger partial charge in [0.2, 0.25) is 5.91 Å². The summed E-state index contributed by atoms with van der Waals surface area (Å²) in [6.45, 7) is 5.88. The van der Waals surface area contributed by atoms with Crippen LogP contribution in [0.3, 0.4) is 0 Å². The standard InChI is InChI=1S/C17H20N2OS/c1-12-11-13(2)18-14(3)17(12)19-16(20)9-10-21-15-7-5-4-6-8-15/h4-8,11H,9-10H2,1-3H3,(H,19,20). The number of benzene rings is 1. The second-order valence-electron chi connectivity index (χ2n) is 5.00. The van der Waals surface area contributed by atoms with E-state index < -0.39 is 0 Å². The summed E-state index contributed by atoms with van der Waals surface area (Å²) in [5.74, 6) is 0.808. The van der Waals surface area contributed by atoms with Gasteiger partial charge in [0.1, 0.15) is 0 Å². The lowest BCUT2D eigenvalue weighted by atomic mass is 10.1. The summed E-state index contributed by atoms with van der Waals surface area (Å²) in [6.07, 6.45) is 0.492. The van der Waals surface area contributed by atoms with E-state index in [1.54, 1.807) is 11.8 Å². The summed E-state index contributed by atoms with van der Waals surface area (Å²) in [5, 5.41) is 2.98. The zero-order valence-electron chi connectivity index (χ0n) is 12.6. The molecule has 0 fully saturated rings. The molecule has 0 aliphatic rings. The zero-order chi connectivity index (χ0) is 15.2. The highest BCUT2D eigenvalue weighted by Crippen LogP contribution is 2.21. The first-order chi connectivity index (χ1) is 10.1. The second kappa shape index (κ2) is 7.27. The molecule has 1 heterocycles. The van der Waals surface area contributed by atoms with Crippen molar-refractivity contribution in [3.63, 3.8) is 0 Å². The topological polar surface area (TPSA) is 42.0 Å². The van der Waals surface area contributed by atoms with Crippen LogP contribution >= 0.6 is 11.8 Å². The molecule has 1 aromatic carbocycles. The smallest absolute Gasteiger partial charge is 0.225 e. The molecule has 21 heavy (non-hydrogen) atoms. The molecule has 0 radical (unpaired) electrons. The van der Waals surface area contributed by atoms with Crippen LogP contribution in [0.1, 0.15) is 23.4 Å². The predicted molar refractivity (Wildman–Crippen MR) is 88.9 cm³/mol. The second-order valence-corrected chi connectivity index (χ2v) is 6.17. The van der Waals surface area contributed by atoms with Crippen LogP contribution in [-0.2, 0) is 4.79 Å². The van der Waals surface area contributed by atoms with Crippen LogP contribution in [-0.4, -0.2) is 16.6 Å². The van der Waals surface area contributed by atoms with Gasteiger partial charge in [0.25, 0.3) is 0 Å². The molecule has 1 aromatic heterocycles. The Morgan fingerprint density at radius 1 is 1.19 bits per heavy atom. The van der Waals surface area contributed by atoms with Crippen molar-refractivity contribution in [1.29, 1.82) is 0 Å². The molecule has 4 heteroatoms. The van der Waals surface area contributed by atoms with E-state index in [1.165, 1.54) is 4.90 Å². The summed E-state index contributed by atoms with van der Waals surface area (Å²) in [5.41, 5.74) is 3.75. The Hall–Kier alpha value is -1.81. The van der Waals surface area contributed by atoms with Gasteiger partial charge in [-0.15, -0.1) is 11.8 Å². The number of nitrogens with one attached hydrogen (secondary N) is 1. The van der Waals surface area contributed by atoms with Gasteiger partial charge in [0, 0.05) is 22.8 Å². The minimum Gasteiger partial charge on any atom is -0.324 e. The molecule has 1 amide bonds. The lowest BCUT2D eigenvalue weighted by Gasteiger charge is -2.11. The highest BCUT2D eigenvalue weighted by molar-refractivity contribution is 7.99. The summed E-state index contributed by atoms with van der Waals surface area (Å²) in [4.78, 5) is 17.6. The summed E-state index contributed by atoms with van der Waals surface area (Å²) in [7, 11) is 0. The SMILES string of the molecule is Cc1cc(C)c(NC(=O)CCSc2ccccc2)c(C)n1. The number of aryl methyl sites for hydroxylation is 3. The van der Waals surface area contributed by atoms with Gasteiger partial charge in [0.15, 0.2) is 0 Å². The van der Waals surface area contributed by atoms with Crippen LogP contribution in [0.5, 0.6) is 0 Å². The lowest BCUT2D eigenvalue weighted by molar-refractivity contribution is -0.115. The molecule has 1 N–H and O–H groups in total. The minimum atomic E-state index is 0.0373. The number of hydrogen-bond acceptors (Lipinski definition) is 3. The molecule has 0 spiro atoms. The molecular formula is C17H20N2OS. The quantitative estimate of drug-likeness (QED) is 0.844. The molecule has 0 bridgehead atoms. The zero-order valence-corrected chi connectivity index (χ0v) is 13.5. The average Bonchev–Trinajstić information content (AvgIpc) is 2.44. The van der Waals surface area contributed by atoms with Gasteiger partial charge in [-0.1, -0.05) is 18.2 Å². The van der Waals surface area contributed by atoms with E-state index in [-0.39, 0.29) is 5.91 Å². The van der Waals surface area contributed by atoms with Crippen molar-refractivity contribution in [2.45, 2.75) is 32.1 Å². The Morgan fingerprint density at radius 3 is 2.57 bits per heavy atom. The molecule has 0 aliphatic heterocycles. The monoisotopic (exact) mass is 300 g/mol. The third-order valence-corrected chi connectivity index (χ3v) is 4.14. The molecule has 0 atom stereocenters. The van der Waals surface area contributed by atoms with Crippen molar-refractivity contribution in [2.75, 3.05) is 11.1 Å². The molecule has 0 aliphatic carbocycles. The van der Waals surface area contributed by atoms with E-state index >= 15 is 0 Å². The molecule has 0 unspecified atom stereocenters. The van der Waals surface area contributed by atoms with E-state index in [9.17, 15) is 4.79 Å². The Kier molecular flexibility index (Phi) is 5.39. The average molecular weight is 300 g/mol. The predicted octanol–water partition coefficient (Wildman–Crippen LogP) is 4.13. The first kappa shape index (κ1) is 15.6. The highest BCUT2D eigenvalue weighted by Gasteiger charge is 2.09. The summed E-state index contributed by atoms with van der Waals surface area (Å²) in [6, 6.07) is 12.1. The van der Waals surface area contributed by atoms with Gasteiger partial charge in [-0.25, -0.2) is 0 Å². The molecule has 0 saturated heterocycles. The normalized spacial score (nSPS) is 10.4. The number of amides is 1. The van der Waals surface area contributed by atoms with Crippen molar-refractivity contribution in [2.24, 2.45) is 0 Å². The van der Waals surface area contributed by atoms with E-state index in [4.69, 9.17) is 0 Å². The van der Waals surface area contributed by atoms with Gasteiger partial charge in [0.05, 0.1) is 11.4 Å². The maximum atomic E-state index is 12.0. The van der Waals surface area contributed by atoms with Crippen LogP contribution in [0.4, 0.5) is 5.69 Å². The van der Waals surface area contributed by atoms with Gasteiger partial charge >= 0.3 is 0 Å². The van der Waals surface area contributed by atoms with Gasteiger partial charge < -0.3 is 5.32 Å². The fourth-order valence-corrected chi connectivity index (χ4v) is 3.07. The van der Waals surface area contributed by atoms with E-state index in [2.05, 4.69) is 22.4 Å². The molecule has 3 nitrogen and oxygen atoms in total. The molecule has 2 rings (SSSR count). The number of carbonyl (C=O) groups excluding carboxylic acids is 1. The maximum Gasteiger partial charge on any atom is 0.225 e. The van der Waals surface area contributed by atoms with Crippen LogP contribution in [0.25, 0.3) is 0 Å². The van der Waals surface area contributed by atoms with E-state index in [0.29, 0.717) is 6.42 Å². The number of pyridine rings is 1. The van der Waals surface area contributed by atoms with Gasteiger partial charge in [-0.05, 0) is 44.5 Å². The largest absolute Gasteiger partial charge is 0.324 e. The number of thioether (sulfide) groups is 1. The Labute approximate surface area is 130 Å². The van der Waals surface area contributed by atoms with Gasteiger partial charge in [-0.2, -0.15) is 0 Å². The van der Waals surface area contributed by atoms with Crippen LogP contribution in [0.2, 0.25) is 0 Å². The Morgan fingerprint density at radius 2 is 1.90 bits per heavy atom. The minimum absolute atomic E-state index is 0.0373. The molecule has 0 saturated carbocycles. The fourth-order valence-electron chi connectivity index (χ4n) is 2.19. The molecule has 110 valence electrons. The number of nitrogens with zero attached hydrogens (tertiary/aromatic N) is 1. The van der Waals surface area contributed by atoms with Crippen LogP contribution in [0, 0.1) is 20.8 Å². The maximum absolute atomic E-state index is 12.0. The third kappa shape index (κ3) is 4.60. The number of hydrogen-bond donors (Lipinski definition) is 1. The van der Waals surface area contributed by atoms with Crippen molar-refractivity contribution < 1.29 is 4.79 Å². The fraction of sp³-hybridized carbons (Fsp3) is 0.294. The summed E-state index contributed by atoms with van der Waals surface area (Å²) >= 11 is 1.69. The number of rotatable bonds is 5. The highest BCUT2D eigenvalue weighted by atomic mass is 32.2. The van der Waals surface area contributed by atoms with Crippen molar-refractivity contribution in [3.05, 3.63) is 53.3 Å². The third-order valence-electron chi connectivity index (χ3n) is 3.13. The molecule has 2 aromatic rings. The Bertz CT molecular complexity index is 603.